The van der Waals surface area contributed by atoms with Crippen molar-refractivity contribution in [3.8, 4) is 0 Å². The fraction of sp³-hybridized carbons (Fsp3) is 1.00. The van der Waals surface area contributed by atoms with E-state index in [1.165, 1.54) is 0 Å². The minimum atomic E-state index is -2.76. The molecule has 0 heterocycles. The molecule has 43 valence electrons. The predicted octanol–water partition coefficient (Wildman–Crippen LogP) is 1.46. The Morgan fingerprint density at radius 2 is 2.00 bits per heavy atom. The fourth-order valence-electron chi connectivity index (χ4n) is 0.179. The standard InChI is InChI=1S/C4H7F2O/c1-4(5,6)2-3-7/h2-3H2,1H3. The van der Waals surface area contributed by atoms with Crippen molar-refractivity contribution in [1.29, 1.82) is 0 Å². The summed E-state index contributed by atoms with van der Waals surface area (Å²) < 4.78 is 23.0. The lowest BCUT2D eigenvalue weighted by Gasteiger charge is -2.03. The molecule has 3 heteroatoms. The number of alkyl halides is 2. The van der Waals surface area contributed by atoms with Crippen LogP contribution < -0.4 is 0 Å². The smallest absolute Gasteiger partial charge is 0.237 e. The molecule has 0 aliphatic carbocycles. The quantitative estimate of drug-likeness (QED) is 0.511. The van der Waals surface area contributed by atoms with Gasteiger partial charge >= 0.3 is 0 Å². The Labute approximate surface area is 41.0 Å². The molecule has 0 saturated carbocycles. The van der Waals surface area contributed by atoms with E-state index >= 15 is 0 Å². The maximum atomic E-state index is 11.5. The Hall–Kier alpha value is -0.180. The highest BCUT2D eigenvalue weighted by atomic mass is 19.3. The average molecular weight is 109 g/mol. The number of hydrogen-bond donors (Lipinski definition) is 0. The van der Waals surface area contributed by atoms with Gasteiger partial charge in [-0.1, -0.05) is 0 Å². The molecule has 0 aromatic heterocycles. The SMILES string of the molecule is CC(F)(F)CC[O]. The average Bonchev–Trinajstić information content (AvgIpc) is 1.30. The van der Waals surface area contributed by atoms with E-state index in [1.54, 1.807) is 0 Å². The maximum Gasteiger partial charge on any atom is 0.247 e. The Morgan fingerprint density at radius 3 is 2.00 bits per heavy atom. The summed E-state index contributed by atoms with van der Waals surface area (Å²) in [4.78, 5) is 0. The van der Waals surface area contributed by atoms with Gasteiger partial charge in [0.05, 0.1) is 6.61 Å². The molecule has 0 rings (SSSR count). The minimum Gasteiger partial charge on any atom is -0.237 e. The Morgan fingerprint density at radius 1 is 1.57 bits per heavy atom. The first-order valence-corrected chi connectivity index (χ1v) is 2.02. The van der Waals surface area contributed by atoms with E-state index in [0.29, 0.717) is 0 Å². The highest BCUT2D eigenvalue weighted by Crippen LogP contribution is 2.14. The lowest BCUT2D eigenvalue weighted by atomic mass is 10.3. The van der Waals surface area contributed by atoms with Crippen LogP contribution in [0.15, 0.2) is 0 Å². The number of hydrogen-bond acceptors (Lipinski definition) is 0. The zero-order valence-corrected chi connectivity index (χ0v) is 4.08. The van der Waals surface area contributed by atoms with Gasteiger partial charge in [-0.15, -0.1) is 0 Å². The summed E-state index contributed by atoms with van der Waals surface area (Å²) in [5.41, 5.74) is 0. The number of halogens is 2. The Bertz CT molecular complexity index is 48.1. The second-order valence-electron chi connectivity index (χ2n) is 1.52. The van der Waals surface area contributed by atoms with Crippen LogP contribution in [0.3, 0.4) is 0 Å². The van der Waals surface area contributed by atoms with Crippen LogP contribution in [-0.2, 0) is 5.11 Å². The highest BCUT2D eigenvalue weighted by molar-refractivity contribution is 4.54. The Balaban J connectivity index is 3.15. The molecule has 0 bridgehead atoms. The molecule has 0 atom stereocenters. The van der Waals surface area contributed by atoms with Gasteiger partial charge in [0.1, 0.15) is 0 Å². The van der Waals surface area contributed by atoms with Crippen LogP contribution in [-0.4, -0.2) is 12.5 Å². The van der Waals surface area contributed by atoms with E-state index in [1.807, 2.05) is 0 Å². The van der Waals surface area contributed by atoms with Gasteiger partial charge in [0.2, 0.25) is 5.92 Å². The molecule has 7 heavy (non-hydrogen) atoms. The molecule has 0 aromatic carbocycles. The van der Waals surface area contributed by atoms with Crippen LogP contribution in [0.2, 0.25) is 0 Å². The van der Waals surface area contributed by atoms with Gasteiger partial charge in [-0.3, -0.25) is 0 Å². The summed E-state index contributed by atoms with van der Waals surface area (Å²) in [5, 5.41) is 9.47. The second-order valence-corrected chi connectivity index (χ2v) is 1.52. The van der Waals surface area contributed by atoms with Crippen LogP contribution >= 0.6 is 0 Å². The second kappa shape index (κ2) is 2.21. The molecule has 0 aliphatic heterocycles. The molecule has 0 saturated heterocycles. The van der Waals surface area contributed by atoms with Gasteiger partial charge in [0.25, 0.3) is 0 Å². The summed E-state index contributed by atoms with van der Waals surface area (Å²) in [6.45, 7) is 0.0500. The normalized spacial score (nSPS) is 12.0. The Kier molecular flexibility index (Phi) is 2.15. The van der Waals surface area contributed by atoms with Crippen molar-refractivity contribution in [2.45, 2.75) is 19.3 Å². The van der Waals surface area contributed by atoms with Crippen LogP contribution in [0.5, 0.6) is 0 Å². The summed E-state index contributed by atoms with van der Waals surface area (Å²) in [6.07, 6.45) is -0.549. The van der Waals surface area contributed by atoms with Gasteiger partial charge in [0, 0.05) is 6.42 Å². The highest BCUT2D eigenvalue weighted by Gasteiger charge is 2.19. The lowest BCUT2D eigenvalue weighted by Crippen LogP contribution is -2.10. The van der Waals surface area contributed by atoms with Crippen molar-refractivity contribution in [3.05, 3.63) is 0 Å². The van der Waals surface area contributed by atoms with E-state index in [0.717, 1.165) is 6.92 Å². The van der Waals surface area contributed by atoms with Gasteiger partial charge < -0.3 is 0 Å². The molecule has 0 aliphatic rings. The number of rotatable bonds is 2. The first-order valence-electron chi connectivity index (χ1n) is 2.02. The summed E-state index contributed by atoms with van der Waals surface area (Å²) in [7, 11) is 0. The van der Waals surface area contributed by atoms with Gasteiger partial charge in [0.15, 0.2) is 0 Å². The topological polar surface area (TPSA) is 19.9 Å². The third-order valence-electron chi connectivity index (χ3n) is 0.541. The summed E-state index contributed by atoms with van der Waals surface area (Å²) in [6, 6.07) is 0. The van der Waals surface area contributed by atoms with E-state index in [2.05, 4.69) is 0 Å². The van der Waals surface area contributed by atoms with E-state index in [9.17, 15) is 13.9 Å². The van der Waals surface area contributed by atoms with Crippen LogP contribution in [0.25, 0.3) is 0 Å². The lowest BCUT2D eigenvalue weighted by molar-refractivity contribution is -0.0121. The minimum absolute atomic E-state index is 0.549. The molecule has 0 unspecified atom stereocenters. The van der Waals surface area contributed by atoms with Gasteiger partial charge in [-0.25, -0.2) is 13.9 Å². The summed E-state index contributed by atoms with van der Waals surface area (Å²) >= 11 is 0. The van der Waals surface area contributed by atoms with Crippen molar-refractivity contribution in [2.75, 3.05) is 6.61 Å². The molecule has 1 nitrogen and oxygen atoms in total. The first kappa shape index (κ1) is 6.82. The van der Waals surface area contributed by atoms with Crippen LogP contribution in [0, 0.1) is 0 Å². The van der Waals surface area contributed by atoms with Crippen molar-refractivity contribution in [2.24, 2.45) is 0 Å². The monoisotopic (exact) mass is 109 g/mol. The van der Waals surface area contributed by atoms with Gasteiger partial charge in [-0.2, -0.15) is 0 Å². The van der Waals surface area contributed by atoms with Crippen molar-refractivity contribution < 1.29 is 13.9 Å². The molecular weight excluding hydrogens is 102 g/mol. The van der Waals surface area contributed by atoms with Crippen molar-refractivity contribution >= 4 is 0 Å². The third kappa shape index (κ3) is 5.82. The van der Waals surface area contributed by atoms with Gasteiger partial charge in [-0.05, 0) is 6.92 Å². The third-order valence-corrected chi connectivity index (χ3v) is 0.541. The van der Waals surface area contributed by atoms with Crippen molar-refractivity contribution in [1.82, 2.24) is 0 Å². The van der Waals surface area contributed by atoms with E-state index in [4.69, 9.17) is 0 Å². The maximum absolute atomic E-state index is 11.5. The zero-order chi connectivity index (χ0) is 5.91. The molecule has 0 fully saturated rings. The predicted molar refractivity (Wildman–Crippen MR) is 20.8 cm³/mol. The van der Waals surface area contributed by atoms with Crippen LogP contribution in [0.1, 0.15) is 13.3 Å². The zero-order valence-electron chi connectivity index (χ0n) is 4.08. The van der Waals surface area contributed by atoms with Crippen molar-refractivity contribution in [3.63, 3.8) is 0 Å². The summed E-state index contributed by atoms with van der Waals surface area (Å²) in [5.74, 6) is -2.76. The largest absolute Gasteiger partial charge is 0.247 e. The molecular formula is C4H7F2O. The van der Waals surface area contributed by atoms with E-state index in [-0.39, 0.29) is 0 Å². The first-order chi connectivity index (χ1) is 3.06. The molecule has 1 radical (unpaired) electrons. The molecule has 0 amide bonds. The molecule has 0 spiro atoms. The fourth-order valence-corrected chi connectivity index (χ4v) is 0.179. The van der Waals surface area contributed by atoms with E-state index < -0.39 is 19.0 Å². The van der Waals surface area contributed by atoms with Crippen LogP contribution in [0.4, 0.5) is 8.78 Å². The molecule has 0 N–H and O–H groups in total. The molecule has 0 aromatic rings.